The Hall–Kier alpha value is -2.03. The smallest absolute Gasteiger partial charge is 0.231 e. The van der Waals surface area contributed by atoms with Crippen molar-refractivity contribution in [3.63, 3.8) is 0 Å². The van der Waals surface area contributed by atoms with Gasteiger partial charge < -0.3 is 9.47 Å². The molecule has 100 valence electrons. The molecule has 1 aromatic carbocycles. The maximum atomic E-state index is 12.0. The third kappa shape index (κ3) is 2.87. The van der Waals surface area contributed by atoms with Crippen molar-refractivity contribution in [2.75, 3.05) is 6.61 Å². The number of allylic oxidation sites excluding steroid dienone is 3. The summed E-state index contributed by atoms with van der Waals surface area (Å²) in [6.45, 7) is 8.30. The van der Waals surface area contributed by atoms with Crippen molar-refractivity contribution in [2.24, 2.45) is 0 Å². The normalized spacial score (nSPS) is 12.8. The minimum atomic E-state index is -0.0501. The average molecular weight is 258 g/mol. The molecule has 0 fully saturated rings. The second kappa shape index (κ2) is 5.31. The Balaban J connectivity index is 2.19. The molecule has 0 atom stereocenters. The van der Waals surface area contributed by atoms with E-state index in [1.54, 1.807) is 18.2 Å². The summed E-state index contributed by atoms with van der Waals surface area (Å²) in [4.78, 5) is 12.0. The zero-order valence-corrected chi connectivity index (χ0v) is 11.7. The molecule has 1 heterocycles. The summed E-state index contributed by atoms with van der Waals surface area (Å²) >= 11 is 0. The minimum Gasteiger partial charge on any atom is -0.489 e. The Morgan fingerprint density at radius 3 is 2.63 bits per heavy atom. The number of Topliss-reactive ketones (excluding diaryl/α,β-unsaturated/α-hetero) is 1. The van der Waals surface area contributed by atoms with Gasteiger partial charge in [-0.2, -0.15) is 0 Å². The van der Waals surface area contributed by atoms with Crippen LogP contribution in [0.25, 0.3) is 0 Å². The molecule has 2 rings (SSSR count). The molecule has 3 heteroatoms. The van der Waals surface area contributed by atoms with Crippen molar-refractivity contribution < 1.29 is 14.3 Å². The van der Waals surface area contributed by atoms with E-state index in [-0.39, 0.29) is 5.78 Å². The molecular formula is C16H18O3. The summed E-state index contributed by atoms with van der Waals surface area (Å²) < 4.78 is 11.2. The molecule has 0 bridgehead atoms. The van der Waals surface area contributed by atoms with Crippen molar-refractivity contribution in [1.29, 1.82) is 0 Å². The van der Waals surface area contributed by atoms with Crippen LogP contribution in [0.1, 0.15) is 38.1 Å². The highest BCUT2D eigenvalue weighted by molar-refractivity contribution is 6.12. The molecule has 0 aromatic heterocycles. The zero-order valence-electron chi connectivity index (χ0n) is 11.7. The van der Waals surface area contributed by atoms with Gasteiger partial charge in [0.05, 0.1) is 5.56 Å². The summed E-state index contributed by atoms with van der Waals surface area (Å²) in [6.07, 6.45) is 2.00. The Morgan fingerprint density at radius 1 is 1.26 bits per heavy atom. The third-order valence-electron chi connectivity index (χ3n) is 2.81. The summed E-state index contributed by atoms with van der Waals surface area (Å²) in [5.74, 6) is 1.66. The quantitative estimate of drug-likeness (QED) is 0.609. The highest BCUT2D eigenvalue weighted by Gasteiger charge is 2.28. The van der Waals surface area contributed by atoms with E-state index in [1.165, 1.54) is 5.57 Å². The van der Waals surface area contributed by atoms with Gasteiger partial charge in [-0.05, 0) is 51.5 Å². The van der Waals surface area contributed by atoms with Gasteiger partial charge in [0.2, 0.25) is 5.78 Å². The first-order valence-corrected chi connectivity index (χ1v) is 6.29. The first-order chi connectivity index (χ1) is 8.99. The molecule has 0 N–H and O–H groups in total. The van der Waals surface area contributed by atoms with Gasteiger partial charge >= 0.3 is 0 Å². The zero-order chi connectivity index (χ0) is 14.0. The molecule has 3 nitrogen and oxygen atoms in total. The van der Waals surface area contributed by atoms with E-state index in [1.807, 2.05) is 33.8 Å². The van der Waals surface area contributed by atoms with Gasteiger partial charge in [0.25, 0.3) is 0 Å². The summed E-state index contributed by atoms with van der Waals surface area (Å²) in [7, 11) is 0. The minimum absolute atomic E-state index is 0.0501. The molecule has 0 spiro atoms. The maximum Gasteiger partial charge on any atom is 0.231 e. The lowest BCUT2D eigenvalue weighted by molar-refractivity contribution is 0.101. The van der Waals surface area contributed by atoms with E-state index in [9.17, 15) is 4.79 Å². The molecule has 1 aliphatic heterocycles. The lowest BCUT2D eigenvalue weighted by Gasteiger charge is -2.05. The van der Waals surface area contributed by atoms with Gasteiger partial charge in [0.15, 0.2) is 5.76 Å². The van der Waals surface area contributed by atoms with Crippen LogP contribution in [-0.2, 0) is 0 Å². The fourth-order valence-corrected chi connectivity index (χ4v) is 1.78. The SMILES string of the molecule is CC(C)=CCOc1ccc2c(c1)OC(=C(C)C)C2=O. The van der Waals surface area contributed by atoms with Crippen LogP contribution >= 0.6 is 0 Å². The first kappa shape index (κ1) is 13.4. The fraction of sp³-hybridized carbons (Fsp3) is 0.312. The highest BCUT2D eigenvalue weighted by Crippen LogP contribution is 2.35. The van der Waals surface area contributed by atoms with Gasteiger partial charge in [-0.1, -0.05) is 5.57 Å². The fourth-order valence-electron chi connectivity index (χ4n) is 1.78. The number of ether oxygens (including phenoxy) is 2. The lowest BCUT2D eigenvalue weighted by Crippen LogP contribution is -2.00. The van der Waals surface area contributed by atoms with Gasteiger partial charge in [0, 0.05) is 6.07 Å². The van der Waals surface area contributed by atoms with E-state index in [0.717, 1.165) is 5.57 Å². The van der Waals surface area contributed by atoms with Crippen LogP contribution in [0.2, 0.25) is 0 Å². The molecule has 0 aliphatic carbocycles. The monoisotopic (exact) mass is 258 g/mol. The number of carbonyl (C=O) groups excluding carboxylic acids is 1. The summed E-state index contributed by atoms with van der Waals surface area (Å²) in [5.41, 5.74) is 2.69. The Labute approximate surface area is 113 Å². The molecule has 0 saturated heterocycles. The van der Waals surface area contributed by atoms with E-state index >= 15 is 0 Å². The number of carbonyl (C=O) groups is 1. The van der Waals surface area contributed by atoms with Gasteiger partial charge in [-0.15, -0.1) is 0 Å². The maximum absolute atomic E-state index is 12.0. The van der Waals surface area contributed by atoms with Crippen molar-refractivity contribution in [3.8, 4) is 11.5 Å². The second-order valence-corrected chi connectivity index (χ2v) is 5.01. The van der Waals surface area contributed by atoms with E-state index in [4.69, 9.17) is 9.47 Å². The molecule has 0 amide bonds. The lowest BCUT2D eigenvalue weighted by atomic mass is 10.1. The van der Waals surface area contributed by atoms with Crippen molar-refractivity contribution in [3.05, 3.63) is 46.7 Å². The van der Waals surface area contributed by atoms with Crippen LogP contribution in [-0.4, -0.2) is 12.4 Å². The highest BCUT2D eigenvalue weighted by atomic mass is 16.5. The van der Waals surface area contributed by atoms with Crippen LogP contribution in [0.5, 0.6) is 11.5 Å². The predicted molar refractivity (Wildman–Crippen MR) is 74.7 cm³/mol. The number of fused-ring (bicyclic) bond motifs is 1. The Bertz CT molecular complexity index is 572. The molecule has 0 radical (unpaired) electrons. The number of ketones is 1. The van der Waals surface area contributed by atoms with Crippen molar-refractivity contribution in [1.82, 2.24) is 0 Å². The molecule has 0 saturated carbocycles. The number of benzene rings is 1. The van der Waals surface area contributed by atoms with Crippen LogP contribution in [0.15, 0.2) is 41.2 Å². The van der Waals surface area contributed by atoms with E-state index < -0.39 is 0 Å². The van der Waals surface area contributed by atoms with Crippen LogP contribution in [0.3, 0.4) is 0 Å². The van der Waals surface area contributed by atoms with Crippen LogP contribution in [0, 0.1) is 0 Å². The van der Waals surface area contributed by atoms with Crippen LogP contribution in [0.4, 0.5) is 0 Å². The topological polar surface area (TPSA) is 35.5 Å². The van der Waals surface area contributed by atoms with Gasteiger partial charge in [-0.3, -0.25) is 4.79 Å². The Kier molecular flexibility index (Phi) is 3.74. The van der Waals surface area contributed by atoms with Gasteiger partial charge in [0.1, 0.15) is 18.1 Å². The summed E-state index contributed by atoms with van der Waals surface area (Å²) in [5, 5.41) is 0. The third-order valence-corrected chi connectivity index (χ3v) is 2.81. The standard InChI is InChI=1S/C16H18O3/c1-10(2)7-8-18-12-5-6-13-14(9-12)19-16(11(3)4)15(13)17/h5-7,9H,8H2,1-4H3. The van der Waals surface area contributed by atoms with E-state index in [0.29, 0.717) is 29.4 Å². The van der Waals surface area contributed by atoms with Gasteiger partial charge in [-0.25, -0.2) is 0 Å². The molecule has 1 aromatic rings. The molecule has 19 heavy (non-hydrogen) atoms. The number of rotatable bonds is 3. The molecular weight excluding hydrogens is 240 g/mol. The Morgan fingerprint density at radius 2 is 2.00 bits per heavy atom. The van der Waals surface area contributed by atoms with Crippen LogP contribution < -0.4 is 9.47 Å². The summed E-state index contributed by atoms with van der Waals surface area (Å²) in [6, 6.07) is 5.32. The second-order valence-electron chi connectivity index (χ2n) is 5.01. The van der Waals surface area contributed by atoms with Crippen molar-refractivity contribution in [2.45, 2.75) is 27.7 Å². The first-order valence-electron chi connectivity index (χ1n) is 6.29. The predicted octanol–water partition coefficient (Wildman–Crippen LogP) is 3.90. The molecule has 0 unspecified atom stereocenters. The molecule has 1 aliphatic rings. The number of hydrogen-bond donors (Lipinski definition) is 0. The largest absolute Gasteiger partial charge is 0.489 e. The average Bonchev–Trinajstić information content (AvgIpc) is 2.66. The number of hydrogen-bond acceptors (Lipinski definition) is 3. The van der Waals surface area contributed by atoms with E-state index in [2.05, 4.69) is 0 Å². The van der Waals surface area contributed by atoms with Crippen molar-refractivity contribution >= 4 is 5.78 Å².